The van der Waals surface area contributed by atoms with Crippen LogP contribution >= 0.6 is 0 Å². The monoisotopic (exact) mass is 275 g/mol. The first kappa shape index (κ1) is 13.5. The molecule has 1 heterocycles. The second kappa shape index (κ2) is 5.88. The summed E-state index contributed by atoms with van der Waals surface area (Å²) in [4.78, 5) is 16.7. The summed E-state index contributed by atoms with van der Waals surface area (Å²) in [6.45, 7) is 2.01. The Balaban J connectivity index is 2.22. The zero-order valence-corrected chi connectivity index (χ0v) is 12.0. The van der Waals surface area contributed by atoms with Gasteiger partial charge in [0, 0.05) is 23.6 Å². The Hall–Kier alpha value is -2.48. The van der Waals surface area contributed by atoms with E-state index in [2.05, 4.69) is 23.2 Å². The fraction of sp³-hybridized carbons (Fsp3) is 0.158. The standard InChI is InChI=1S/C19H17NO/c1-2-8-18(21)19-16-12-7-6-11-15(16)17(13-20-19)14-9-4-3-5-10-14/h3-7,9-13H,2,8H2,1H3. The third kappa shape index (κ3) is 2.57. The minimum Gasteiger partial charge on any atom is -0.292 e. The van der Waals surface area contributed by atoms with E-state index in [-0.39, 0.29) is 5.78 Å². The molecule has 21 heavy (non-hydrogen) atoms. The Bertz CT molecular complexity index is 778. The molecule has 3 rings (SSSR count). The molecule has 104 valence electrons. The molecule has 0 atom stereocenters. The first-order chi connectivity index (χ1) is 10.3. The van der Waals surface area contributed by atoms with Crippen molar-refractivity contribution >= 4 is 16.6 Å². The molecule has 0 aliphatic rings. The lowest BCUT2D eigenvalue weighted by Crippen LogP contribution is -2.03. The summed E-state index contributed by atoms with van der Waals surface area (Å²) in [6, 6.07) is 18.2. The Kier molecular flexibility index (Phi) is 3.78. The van der Waals surface area contributed by atoms with Crippen LogP contribution in [0.3, 0.4) is 0 Å². The molecule has 0 aliphatic heterocycles. The number of fused-ring (bicyclic) bond motifs is 1. The maximum absolute atomic E-state index is 12.2. The van der Waals surface area contributed by atoms with E-state index in [9.17, 15) is 4.79 Å². The fourth-order valence-corrected chi connectivity index (χ4v) is 2.61. The maximum Gasteiger partial charge on any atom is 0.181 e. The van der Waals surface area contributed by atoms with Gasteiger partial charge in [0.1, 0.15) is 5.69 Å². The van der Waals surface area contributed by atoms with Crippen LogP contribution in [0.2, 0.25) is 0 Å². The molecule has 3 aromatic rings. The minimum atomic E-state index is 0.119. The molecular formula is C19H17NO. The highest BCUT2D eigenvalue weighted by Gasteiger charge is 2.13. The van der Waals surface area contributed by atoms with E-state index in [1.807, 2.05) is 49.5 Å². The van der Waals surface area contributed by atoms with Gasteiger partial charge in [-0.05, 0) is 17.4 Å². The van der Waals surface area contributed by atoms with E-state index in [4.69, 9.17) is 0 Å². The summed E-state index contributed by atoms with van der Waals surface area (Å²) in [7, 11) is 0. The number of hydrogen-bond acceptors (Lipinski definition) is 2. The SMILES string of the molecule is CCCC(=O)c1ncc(-c2ccccc2)c2ccccc12. The molecule has 0 radical (unpaired) electrons. The van der Waals surface area contributed by atoms with Gasteiger partial charge in [-0.2, -0.15) is 0 Å². The first-order valence-electron chi connectivity index (χ1n) is 7.27. The lowest BCUT2D eigenvalue weighted by atomic mass is 9.97. The molecule has 0 saturated heterocycles. The number of rotatable bonds is 4. The number of ketones is 1. The number of aromatic nitrogens is 1. The van der Waals surface area contributed by atoms with Crippen molar-refractivity contribution < 1.29 is 4.79 Å². The van der Waals surface area contributed by atoms with Gasteiger partial charge in [-0.3, -0.25) is 9.78 Å². The van der Waals surface area contributed by atoms with E-state index in [0.717, 1.165) is 28.3 Å². The van der Waals surface area contributed by atoms with Crippen LogP contribution in [-0.4, -0.2) is 10.8 Å². The molecule has 2 nitrogen and oxygen atoms in total. The lowest BCUT2D eigenvalue weighted by molar-refractivity contribution is 0.0979. The zero-order valence-electron chi connectivity index (χ0n) is 12.0. The van der Waals surface area contributed by atoms with Crippen molar-refractivity contribution in [3.63, 3.8) is 0 Å². The van der Waals surface area contributed by atoms with Crippen LogP contribution in [0.25, 0.3) is 21.9 Å². The van der Waals surface area contributed by atoms with Crippen molar-refractivity contribution in [2.75, 3.05) is 0 Å². The van der Waals surface area contributed by atoms with Gasteiger partial charge >= 0.3 is 0 Å². The van der Waals surface area contributed by atoms with Gasteiger partial charge in [0.2, 0.25) is 0 Å². The van der Waals surface area contributed by atoms with Crippen molar-refractivity contribution in [2.45, 2.75) is 19.8 Å². The van der Waals surface area contributed by atoms with Gasteiger partial charge in [0.25, 0.3) is 0 Å². The van der Waals surface area contributed by atoms with Gasteiger partial charge in [0.15, 0.2) is 5.78 Å². The summed E-state index contributed by atoms with van der Waals surface area (Å²) in [5, 5.41) is 2.02. The van der Waals surface area contributed by atoms with Crippen molar-refractivity contribution in [1.82, 2.24) is 4.98 Å². The number of nitrogens with zero attached hydrogens (tertiary/aromatic N) is 1. The van der Waals surface area contributed by atoms with E-state index in [1.54, 1.807) is 0 Å². The van der Waals surface area contributed by atoms with Gasteiger partial charge < -0.3 is 0 Å². The average molecular weight is 275 g/mol. The minimum absolute atomic E-state index is 0.119. The second-order valence-corrected chi connectivity index (χ2v) is 5.11. The Morgan fingerprint density at radius 1 is 0.952 bits per heavy atom. The van der Waals surface area contributed by atoms with Crippen LogP contribution in [0.4, 0.5) is 0 Å². The summed E-state index contributed by atoms with van der Waals surface area (Å²) in [5.74, 6) is 0.119. The van der Waals surface area contributed by atoms with Crippen molar-refractivity contribution in [3.8, 4) is 11.1 Å². The average Bonchev–Trinajstić information content (AvgIpc) is 2.55. The fourth-order valence-electron chi connectivity index (χ4n) is 2.61. The highest BCUT2D eigenvalue weighted by Crippen LogP contribution is 2.29. The Morgan fingerprint density at radius 2 is 1.62 bits per heavy atom. The van der Waals surface area contributed by atoms with Crippen LogP contribution < -0.4 is 0 Å². The van der Waals surface area contributed by atoms with E-state index < -0.39 is 0 Å². The van der Waals surface area contributed by atoms with Crippen LogP contribution in [0, 0.1) is 0 Å². The van der Waals surface area contributed by atoms with Crippen molar-refractivity contribution in [1.29, 1.82) is 0 Å². The number of pyridine rings is 1. The summed E-state index contributed by atoms with van der Waals surface area (Å²) >= 11 is 0. The molecular weight excluding hydrogens is 258 g/mol. The molecule has 0 spiro atoms. The smallest absolute Gasteiger partial charge is 0.181 e. The number of benzene rings is 2. The molecule has 2 aromatic carbocycles. The number of carbonyl (C=O) groups is 1. The summed E-state index contributed by atoms with van der Waals surface area (Å²) < 4.78 is 0. The quantitative estimate of drug-likeness (QED) is 0.635. The van der Waals surface area contributed by atoms with Crippen LogP contribution in [0.5, 0.6) is 0 Å². The van der Waals surface area contributed by atoms with Crippen molar-refractivity contribution in [3.05, 3.63) is 66.5 Å². The maximum atomic E-state index is 12.2. The number of hydrogen-bond donors (Lipinski definition) is 0. The van der Waals surface area contributed by atoms with E-state index >= 15 is 0 Å². The molecule has 0 saturated carbocycles. The molecule has 2 heteroatoms. The molecule has 0 bridgehead atoms. The Morgan fingerprint density at radius 3 is 2.33 bits per heavy atom. The zero-order chi connectivity index (χ0) is 14.7. The summed E-state index contributed by atoms with van der Waals surface area (Å²) in [6.07, 6.45) is 3.21. The second-order valence-electron chi connectivity index (χ2n) is 5.11. The highest BCUT2D eigenvalue weighted by atomic mass is 16.1. The topological polar surface area (TPSA) is 30.0 Å². The van der Waals surface area contributed by atoms with Crippen LogP contribution in [0.15, 0.2) is 60.8 Å². The van der Waals surface area contributed by atoms with E-state index in [0.29, 0.717) is 12.1 Å². The van der Waals surface area contributed by atoms with E-state index in [1.165, 1.54) is 0 Å². The third-order valence-electron chi connectivity index (χ3n) is 3.62. The van der Waals surface area contributed by atoms with Gasteiger partial charge in [-0.1, -0.05) is 61.5 Å². The molecule has 0 amide bonds. The van der Waals surface area contributed by atoms with Crippen molar-refractivity contribution in [2.24, 2.45) is 0 Å². The Labute approximate surface area is 124 Å². The largest absolute Gasteiger partial charge is 0.292 e. The lowest BCUT2D eigenvalue weighted by Gasteiger charge is -2.10. The molecule has 0 unspecified atom stereocenters. The molecule has 0 fully saturated rings. The predicted octanol–water partition coefficient (Wildman–Crippen LogP) is 4.88. The number of Topliss-reactive ketones (excluding diaryl/α,β-unsaturated/α-hetero) is 1. The van der Waals surface area contributed by atoms with Crippen LogP contribution in [0.1, 0.15) is 30.3 Å². The van der Waals surface area contributed by atoms with Crippen LogP contribution in [-0.2, 0) is 0 Å². The van der Waals surface area contributed by atoms with Gasteiger partial charge in [-0.25, -0.2) is 0 Å². The first-order valence-corrected chi connectivity index (χ1v) is 7.27. The number of carbonyl (C=O) groups excluding carboxylic acids is 1. The summed E-state index contributed by atoms with van der Waals surface area (Å²) in [5.41, 5.74) is 2.78. The molecule has 0 N–H and O–H groups in total. The normalized spacial score (nSPS) is 10.7. The third-order valence-corrected chi connectivity index (χ3v) is 3.62. The molecule has 1 aromatic heterocycles. The molecule has 0 aliphatic carbocycles. The highest BCUT2D eigenvalue weighted by molar-refractivity contribution is 6.09. The predicted molar refractivity (Wildman–Crippen MR) is 86.4 cm³/mol. The van der Waals surface area contributed by atoms with Gasteiger partial charge in [-0.15, -0.1) is 0 Å². The van der Waals surface area contributed by atoms with Gasteiger partial charge in [0.05, 0.1) is 0 Å².